The Bertz CT molecular complexity index is 363. The van der Waals surface area contributed by atoms with Crippen molar-refractivity contribution < 1.29 is 9.47 Å². The van der Waals surface area contributed by atoms with Gasteiger partial charge in [0.05, 0.1) is 6.61 Å². The van der Waals surface area contributed by atoms with Crippen molar-refractivity contribution in [2.75, 3.05) is 13.2 Å². The standard InChI is InChI=1S/C16H22O2/c1-2-3-4-5-6-7-14-8-10-15(11-9-14)17-12-16-13-18-16/h2-3,8-11,16H,4-7,12-13H2,1H3/b3-2+. The number of hydrogen-bond acceptors (Lipinski definition) is 2. The fourth-order valence-corrected chi connectivity index (χ4v) is 1.86. The van der Waals surface area contributed by atoms with Gasteiger partial charge in [-0.2, -0.15) is 0 Å². The van der Waals surface area contributed by atoms with E-state index in [1.54, 1.807) is 0 Å². The lowest BCUT2D eigenvalue weighted by atomic mass is 10.1. The predicted molar refractivity (Wildman–Crippen MR) is 74.0 cm³/mol. The summed E-state index contributed by atoms with van der Waals surface area (Å²) in [6.07, 6.45) is 9.55. The van der Waals surface area contributed by atoms with Crippen LogP contribution in [0.2, 0.25) is 0 Å². The van der Waals surface area contributed by atoms with E-state index in [1.165, 1.54) is 24.8 Å². The molecule has 0 N–H and O–H groups in total. The maximum atomic E-state index is 5.61. The second-order valence-electron chi connectivity index (χ2n) is 4.73. The molecule has 1 unspecified atom stereocenters. The van der Waals surface area contributed by atoms with Gasteiger partial charge in [-0.05, 0) is 50.3 Å². The molecule has 0 radical (unpaired) electrons. The first-order valence-electron chi connectivity index (χ1n) is 6.83. The Morgan fingerprint density at radius 3 is 2.72 bits per heavy atom. The lowest BCUT2D eigenvalue weighted by molar-refractivity contribution is 0.263. The van der Waals surface area contributed by atoms with Gasteiger partial charge < -0.3 is 9.47 Å². The minimum atomic E-state index is 0.330. The molecular formula is C16H22O2. The number of rotatable bonds is 8. The first-order chi connectivity index (χ1) is 8.88. The van der Waals surface area contributed by atoms with E-state index in [9.17, 15) is 0 Å². The highest BCUT2D eigenvalue weighted by atomic mass is 16.6. The number of allylic oxidation sites excluding steroid dienone is 2. The maximum Gasteiger partial charge on any atom is 0.119 e. The Morgan fingerprint density at radius 2 is 2.06 bits per heavy atom. The Kier molecular flexibility index (Phi) is 5.28. The van der Waals surface area contributed by atoms with E-state index in [0.29, 0.717) is 12.7 Å². The Labute approximate surface area is 110 Å². The molecule has 1 aromatic carbocycles. The van der Waals surface area contributed by atoms with Crippen molar-refractivity contribution in [2.45, 2.75) is 38.7 Å². The minimum Gasteiger partial charge on any atom is -0.491 e. The molecule has 18 heavy (non-hydrogen) atoms. The predicted octanol–water partition coefficient (Wildman–Crippen LogP) is 3.75. The van der Waals surface area contributed by atoms with Gasteiger partial charge in [0.25, 0.3) is 0 Å². The van der Waals surface area contributed by atoms with Gasteiger partial charge in [0.1, 0.15) is 18.5 Å². The largest absolute Gasteiger partial charge is 0.491 e. The minimum absolute atomic E-state index is 0.330. The topological polar surface area (TPSA) is 21.8 Å². The van der Waals surface area contributed by atoms with Gasteiger partial charge in [-0.15, -0.1) is 0 Å². The quantitative estimate of drug-likeness (QED) is 0.396. The highest BCUT2D eigenvalue weighted by molar-refractivity contribution is 5.27. The van der Waals surface area contributed by atoms with Crippen LogP contribution < -0.4 is 4.74 Å². The number of unbranched alkanes of at least 4 members (excludes halogenated alkanes) is 2. The molecule has 1 saturated heterocycles. The molecule has 1 heterocycles. The summed E-state index contributed by atoms with van der Waals surface area (Å²) in [6, 6.07) is 8.45. The highest BCUT2D eigenvalue weighted by Crippen LogP contribution is 2.17. The summed E-state index contributed by atoms with van der Waals surface area (Å²) in [5.74, 6) is 0.947. The molecule has 2 heteroatoms. The Balaban J connectivity index is 1.66. The fraction of sp³-hybridized carbons (Fsp3) is 0.500. The van der Waals surface area contributed by atoms with E-state index in [1.807, 2.05) is 0 Å². The van der Waals surface area contributed by atoms with Crippen LogP contribution in [0.15, 0.2) is 36.4 Å². The first-order valence-corrected chi connectivity index (χ1v) is 6.83. The van der Waals surface area contributed by atoms with E-state index < -0.39 is 0 Å². The van der Waals surface area contributed by atoms with Crippen molar-refractivity contribution in [3.63, 3.8) is 0 Å². The molecule has 2 nitrogen and oxygen atoms in total. The normalized spacial score (nSPS) is 18.2. The number of ether oxygens (including phenoxy) is 2. The molecule has 1 fully saturated rings. The summed E-state index contributed by atoms with van der Waals surface area (Å²) in [4.78, 5) is 0. The number of hydrogen-bond donors (Lipinski definition) is 0. The monoisotopic (exact) mass is 246 g/mol. The van der Waals surface area contributed by atoms with E-state index in [0.717, 1.165) is 18.8 Å². The SMILES string of the molecule is C/C=C/CCCCc1ccc(OCC2CO2)cc1. The van der Waals surface area contributed by atoms with Gasteiger partial charge in [-0.3, -0.25) is 0 Å². The summed E-state index contributed by atoms with van der Waals surface area (Å²) in [5, 5.41) is 0. The van der Waals surface area contributed by atoms with Crippen LogP contribution in [0.25, 0.3) is 0 Å². The third-order valence-electron chi connectivity index (χ3n) is 3.08. The van der Waals surface area contributed by atoms with Crippen molar-refractivity contribution in [3.05, 3.63) is 42.0 Å². The summed E-state index contributed by atoms with van der Waals surface area (Å²) < 4.78 is 10.7. The van der Waals surface area contributed by atoms with Crippen molar-refractivity contribution in [3.8, 4) is 5.75 Å². The van der Waals surface area contributed by atoms with Gasteiger partial charge in [0, 0.05) is 0 Å². The van der Waals surface area contributed by atoms with Crippen molar-refractivity contribution in [2.24, 2.45) is 0 Å². The number of benzene rings is 1. The molecule has 1 atom stereocenters. The number of aryl methyl sites for hydroxylation is 1. The zero-order chi connectivity index (χ0) is 12.6. The Morgan fingerprint density at radius 1 is 1.28 bits per heavy atom. The molecule has 0 spiro atoms. The molecule has 1 aliphatic rings. The van der Waals surface area contributed by atoms with Crippen molar-refractivity contribution in [1.29, 1.82) is 0 Å². The molecule has 2 rings (SSSR count). The lowest BCUT2D eigenvalue weighted by Gasteiger charge is -2.05. The summed E-state index contributed by atoms with van der Waals surface area (Å²) >= 11 is 0. The zero-order valence-corrected chi connectivity index (χ0v) is 11.1. The van der Waals surface area contributed by atoms with Crippen LogP contribution in [0.3, 0.4) is 0 Å². The lowest BCUT2D eigenvalue weighted by Crippen LogP contribution is -2.03. The van der Waals surface area contributed by atoms with Gasteiger partial charge in [-0.25, -0.2) is 0 Å². The van der Waals surface area contributed by atoms with E-state index >= 15 is 0 Å². The summed E-state index contributed by atoms with van der Waals surface area (Å²) in [7, 11) is 0. The van der Waals surface area contributed by atoms with Crippen LogP contribution in [0.4, 0.5) is 0 Å². The number of epoxide rings is 1. The second-order valence-corrected chi connectivity index (χ2v) is 4.73. The first kappa shape index (κ1) is 13.2. The van der Waals surface area contributed by atoms with Crippen molar-refractivity contribution >= 4 is 0 Å². The molecule has 1 aliphatic heterocycles. The Hall–Kier alpha value is -1.28. The third kappa shape index (κ3) is 4.92. The average Bonchev–Trinajstić information content (AvgIpc) is 3.22. The average molecular weight is 246 g/mol. The third-order valence-corrected chi connectivity index (χ3v) is 3.08. The van der Waals surface area contributed by atoms with Crippen LogP contribution in [-0.4, -0.2) is 19.3 Å². The van der Waals surface area contributed by atoms with Crippen LogP contribution in [0.1, 0.15) is 31.7 Å². The van der Waals surface area contributed by atoms with E-state index in [2.05, 4.69) is 43.3 Å². The summed E-state index contributed by atoms with van der Waals surface area (Å²) in [6.45, 7) is 3.61. The highest BCUT2D eigenvalue weighted by Gasteiger charge is 2.22. The molecule has 0 aliphatic carbocycles. The van der Waals surface area contributed by atoms with Gasteiger partial charge in [0.15, 0.2) is 0 Å². The molecule has 0 bridgehead atoms. The van der Waals surface area contributed by atoms with E-state index in [-0.39, 0.29) is 0 Å². The zero-order valence-electron chi connectivity index (χ0n) is 11.1. The smallest absolute Gasteiger partial charge is 0.119 e. The van der Waals surface area contributed by atoms with Gasteiger partial charge in [0.2, 0.25) is 0 Å². The molecular weight excluding hydrogens is 224 g/mol. The maximum absolute atomic E-state index is 5.61. The van der Waals surface area contributed by atoms with Gasteiger partial charge in [-0.1, -0.05) is 24.3 Å². The molecule has 0 amide bonds. The van der Waals surface area contributed by atoms with Crippen LogP contribution in [0.5, 0.6) is 5.75 Å². The molecule has 0 saturated carbocycles. The van der Waals surface area contributed by atoms with Crippen LogP contribution >= 0.6 is 0 Å². The van der Waals surface area contributed by atoms with Crippen molar-refractivity contribution in [1.82, 2.24) is 0 Å². The fourth-order valence-electron chi connectivity index (χ4n) is 1.86. The summed E-state index contributed by atoms with van der Waals surface area (Å²) in [5.41, 5.74) is 1.39. The van der Waals surface area contributed by atoms with Crippen LogP contribution in [-0.2, 0) is 11.2 Å². The second kappa shape index (κ2) is 7.22. The molecule has 98 valence electrons. The molecule has 1 aromatic rings. The van der Waals surface area contributed by atoms with E-state index in [4.69, 9.17) is 9.47 Å². The van der Waals surface area contributed by atoms with Gasteiger partial charge >= 0.3 is 0 Å². The molecule has 0 aromatic heterocycles. The van der Waals surface area contributed by atoms with Crippen LogP contribution in [0, 0.1) is 0 Å².